The summed E-state index contributed by atoms with van der Waals surface area (Å²) in [6.07, 6.45) is 0. The average molecular weight is 367 g/mol. The monoisotopic (exact) mass is 366 g/mol. The van der Waals surface area contributed by atoms with Gasteiger partial charge in [0.25, 0.3) is 10.0 Å². The Labute approximate surface area is 147 Å². The Kier molecular flexibility index (Phi) is 4.99. The first kappa shape index (κ1) is 17.1. The van der Waals surface area contributed by atoms with Crippen molar-refractivity contribution < 1.29 is 13.2 Å². The summed E-state index contributed by atoms with van der Waals surface area (Å²) in [4.78, 5) is 2.40. The van der Waals surface area contributed by atoms with Gasteiger partial charge >= 0.3 is 0 Å². The molecule has 0 atom stereocenters. The SMILES string of the molecule is Cc1c(Cl)cccc1S(=O)(=O)Nc1ccc(N2CCOCC2)cc1. The number of hydrogen-bond donors (Lipinski definition) is 1. The lowest BCUT2D eigenvalue weighted by Crippen LogP contribution is -2.36. The largest absolute Gasteiger partial charge is 0.378 e. The summed E-state index contributed by atoms with van der Waals surface area (Å²) >= 11 is 6.02. The molecular formula is C17H19ClN2O3S. The number of rotatable bonds is 4. The van der Waals surface area contributed by atoms with Gasteiger partial charge in [-0.3, -0.25) is 4.72 Å². The van der Waals surface area contributed by atoms with Crippen LogP contribution in [-0.4, -0.2) is 34.7 Å². The summed E-state index contributed by atoms with van der Waals surface area (Å²) in [5.41, 5.74) is 2.11. The van der Waals surface area contributed by atoms with Gasteiger partial charge in [-0.05, 0) is 48.9 Å². The molecule has 7 heteroatoms. The molecule has 3 rings (SSSR count). The Hall–Kier alpha value is -1.76. The third kappa shape index (κ3) is 3.66. The van der Waals surface area contributed by atoms with Crippen LogP contribution in [0.3, 0.4) is 0 Å². The van der Waals surface area contributed by atoms with Crippen molar-refractivity contribution in [3.05, 3.63) is 53.1 Å². The number of morpholine rings is 1. The second-order valence-electron chi connectivity index (χ2n) is 5.61. The Morgan fingerprint density at radius 3 is 2.42 bits per heavy atom. The zero-order chi connectivity index (χ0) is 17.2. The highest BCUT2D eigenvalue weighted by Crippen LogP contribution is 2.26. The Balaban J connectivity index is 1.79. The van der Waals surface area contributed by atoms with Crippen molar-refractivity contribution in [2.75, 3.05) is 35.9 Å². The van der Waals surface area contributed by atoms with Gasteiger partial charge < -0.3 is 9.64 Å². The number of nitrogens with zero attached hydrogens (tertiary/aromatic N) is 1. The second kappa shape index (κ2) is 7.01. The van der Waals surface area contributed by atoms with Crippen LogP contribution in [0.5, 0.6) is 0 Å². The molecule has 0 spiro atoms. The van der Waals surface area contributed by atoms with Crippen LogP contribution in [-0.2, 0) is 14.8 Å². The lowest BCUT2D eigenvalue weighted by Gasteiger charge is -2.28. The van der Waals surface area contributed by atoms with Crippen molar-refractivity contribution in [3.63, 3.8) is 0 Å². The molecule has 1 aliphatic heterocycles. The van der Waals surface area contributed by atoms with Gasteiger partial charge in [-0.1, -0.05) is 17.7 Å². The molecule has 1 aliphatic rings. The molecule has 0 amide bonds. The van der Waals surface area contributed by atoms with Gasteiger partial charge in [0.1, 0.15) is 0 Å². The molecule has 1 N–H and O–H groups in total. The number of ether oxygens (including phenoxy) is 1. The minimum atomic E-state index is -3.67. The van der Waals surface area contributed by atoms with Crippen LogP contribution in [0, 0.1) is 6.92 Å². The molecule has 1 saturated heterocycles. The van der Waals surface area contributed by atoms with Crippen molar-refractivity contribution in [1.29, 1.82) is 0 Å². The molecular weight excluding hydrogens is 348 g/mol. The first-order valence-electron chi connectivity index (χ1n) is 7.68. The Bertz CT molecular complexity index is 816. The van der Waals surface area contributed by atoms with Crippen molar-refractivity contribution in [1.82, 2.24) is 0 Å². The summed E-state index contributed by atoms with van der Waals surface area (Å²) < 4.78 is 33.1. The van der Waals surface area contributed by atoms with Crippen molar-refractivity contribution in [2.45, 2.75) is 11.8 Å². The number of hydrogen-bond acceptors (Lipinski definition) is 4. The van der Waals surface area contributed by atoms with E-state index in [-0.39, 0.29) is 4.90 Å². The highest BCUT2D eigenvalue weighted by molar-refractivity contribution is 7.92. The van der Waals surface area contributed by atoms with Crippen molar-refractivity contribution >= 4 is 33.0 Å². The van der Waals surface area contributed by atoms with E-state index in [1.54, 1.807) is 37.3 Å². The van der Waals surface area contributed by atoms with Crippen LogP contribution in [0.25, 0.3) is 0 Å². The zero-order valence-corrected chi connectivity index (χ0v) is 14.9. The quantitative estimate of drug-likeness (QED) is 0.902. The summed E-state index contributed by atoms with van der Waals surface area (Å²) in [6.45, 7) is 4.79. The van der Waals surface area contributed by atoms with Crippen LogP contribution in [0.1, 0.15) is 5.56 Å². The zero-order valence-electron chi connectivity index (χ0n) is 13.3. The Morgan fingerprint density at radius 2 is 1.75 bits per heavy atom. The smallest absolute Gasteiger partial charge is 0.262 e. The van der Waals surface area contributed by atoms with Crippen molar-refractivity contribution in [3.8, 4) is 0 Å². The average Bonchev–Trinajstić information content (AvgIpc) is 2.58. The highest BCUT2D eigenvalue weighted by atomic mass is 35.5. The van der Waals surface area contributed by atoms with Gasteiger partial charge in [0.15, 0.2) is 0 Å². The fourth-order valence-electron chi connectivity index (χ4n) is 2.65. The predicted octanol–water partition coefficient (Wildman–Crippen LogP) is 3.29. The summed E-state index contributed by atoms with van der Waals surface area (Å²) in [6, 6.07) is 12.2. The van der Waals surface area contributed by atoms with E-state index in [1.807, 2.05) is 12.1 Å². The minimum Gasteiger partial charge on any atom is -0.378 e. The van der Waals surface area contributed by atoms with Crippen LogP contribution in [0.2, 0.25) is 5.02 Å². The molecule has 128 valence electrons. The first-order chi connectivity index (χ1) is 11.5. The van der Waals surface area contributed by atoms with Gasteiger partial charge in [-0.2, -0.15) is 0 Å². The highest BCUT2D eigenvalue weighted by Gasteiger charge is 2.18. The van der Waals surface area contributed by atoms with E-state index >= 15 is 0 Å². The van der Waals surface area contributed by atoms with E-state index in [4.69, 9.17) is 16.3 Å². The standard InChI is InChI=1S/C17H19ClN2O3S/c1-13-16(18)3-2-4-17(13)24(21,22)19-14-5-7-15(8-6-14)20-9-11-23-12-10-20/h2-8,19H,9-12H2,1H3. The lowest BCUT2D eigenvalue weighted by molar-refractivity contribution is 0.122. The maximum Gasteiger partial charge on any atom is 0.262 e. The second-order valence-corrected chi connectivity index (χ2v) is 7.67. The molecule has 2 aromatic rings. The van der Waals surface area contributed by atoms with E-state index in [9.17, 15) is 8.42 Å². The molecule has 1 heterocycles. The van der Waals surface area contributed by atoms with Gasteiger partial charge in [-0.25, -0.2) is 8.42 Å². The van der Waals surface area contributed by atoms with Crippen LogP contribution < -0.4 is 9.62 Å². The molecule has 0 unspecified atom stereocenters. The third-order valence-corrected chi connectivity index (χ3v) is 5.94. The van der Waals surface area contributed by atoms with Gasteiger partial charge in [0, 0.05) is 29.5 Å². The Morgan fingerprint density at radius 1 is 1.08 bits per heavy atom. The molecule has 0 aromatic heterocycles. The summed E-state index contributed by atoms with van der Waals surface area (Å²) in [7, 11) is -3.67. The number of benzene rings is 2. The van der Waals surface area contributed by atoms with Crippen LogP contribution >= 0.6 is 11.6 Å². The number of nitrogens with one attached hydrogen (secondary N) is 1. The van der Waals surface area contributed by atoms with E-state index < -0.39 is 10.0 Å². The van der Waals surface area contributed by atoms with E-state index in [0.717, 1.165) is 18.8 Å². The lowest BCUT2D eigenvalue weighted by atomic mass is 10.2. The molecule has 0 radical (unpaired) electrons. The summed E-state index contributed by atoms with van der Waals surface area (Å²) in [5.74, 6) is 0. The fourth-order valence-corrected chi connectivity index (χ4v) is 4.21. The van der Waals surface area contributed by atoms with Gasteiger partial charge in [0.05, 0.1) is 18.1 Å². The van der Waals surface area contributed by atoms with Gasteiger partial charge in [-0.15, -0.1) is 0 Å². The third-order valence-electron chi connectivity index (χ3n) is 4.00. The number of halogens is 1. The van der Waals surface area contributed by atoms with Crippen molar-refractivity contribution in [2.24, 2.45) is 0 Å². The molecule has 0 saturated carbocycles. The molecule has 0 bridgehead atoms. The normalized spacial score (nSPS) is 15.3. The van der Waals surface area contributed by atoms with Gasteiger partial charge in [0.2, 0.25) is 0 Å². The van der Waals surface area contributed by atoms with Crippen LogP contribution in [0.15, 0.2) is 47.4 Å². The number of anilines is 2. The van der Waals surface area contributed by atoms with E-state index in [0.29, 0.717) is 29.5 Å². The molecule has 5 nitrogen and oxygen atoms in total. The van der Waals surface area contributed by atoms with E-state index in [1.165, 1.54) is 0 Å². The fraction of sp³-hybridized carbons (Fsp3) is 0.294. The summed E-state index contributed by atoms with van der Waals surface area (Å²) in [5, 5.41) is 0.431. The van der Waals surface area contributed by atoms with E-state index in [2.05, 4.69) is 9.62 Å². The first-order valence-corrected chi connectivity index (χ1v) is 9.54. The molecule has 0 aliphatic carbocycles. The minimum absolute atomic E-state index is 0.187. The molecule has 2 aromatic carbocycles. The van der Waals surface area contributed by atoms with Crippen LogP contribution in [0.4, 0.5) is 11.4 Å². The molecule has 1 fully saturated rings. The topological polar surface area (TPSA) is 58.6 Å². The maximum absolute atomic E-state index is 12.6. The maximum atomic E-state index is 12.6. The molecule has 24 heavy (non-hydrogen) atoms. The number of sulfonamides is 1. The predicted molar refractivity (Wildman–Crippen MR) is 96.5 cm³/mol.